The maximum Gasteiger partial charge on any atom is 0.168 e. The molecule has 1 aliphatic carbocycles. The standard InChI is InChI=1S/C23H33NO2/c1-4-5-6-7-11-14-24-19-16-23(2,3)17-21(26)22(19)20(25)15-18-12-9-8-10-13-18/h8-10,12-13,25H,4-7,11,14-17H2,1-3H3/b22-20+,24-19?. The summed E-state index contributed by atoms with van der Waals surface area (Å²) in [5, 5.41) is 10.7. The Morgan fingerprint density at radius 1 is 1.08 bits per heavy atom. The molecule has 0 aliphatic heterocycles. The van der Waals surface area contributed by atoms with Crippen molar-refractivity contribution in [3.8, 4) is 0 Å². The van der Waals surface area contributed by atoms with E-state index in [9.17, 15) is 9.90 Å². The number of carbonyl (C=O) groups is 1. The number of nitrogens with zero attached hydrogens (tertiary/aromatic N) is 1. The van der Waals surface area contributed by atoms with E-state index in [2.05, 4.69) is 20.8 Å². The summed E-state index contributed by atoms with van der Waals surface area (Å²) in [6.07, 6.45) is 7.58. The van der Waals surface area contributed by atoms with Gasteiger partial charge < -0.3 is 5.11 Å². The minimum absolute atomic E-state index is 0.0272. The van der Waals surface area contributed by atoms with Crippen LogP contribution in [-0.2, 0) is 11.2 Å². The highest BCUT2D eigenvalue weighted by molar-refractivity contribution is 6.24. The second-order valence-corrected chi connectivity index (χ2v) is 8.17. The molecule has 1 aromatic rings. The molecule has 1 saturated carbocycles. The van der Waals surface area contributed by atoms with Crippen molar-refractivity contribution in [2.45, 2.75) is 72.1 Å². The third-order valence-corrected chi connectivity index (χ3v) is 4.92. The number of allylic oxidation sites excluding steroid dienone is 2. The Labute approximate surface area is 158 Å². The summed E-state index contributed by atoms with van der Waals surface area (Å²) in [6, 6.07) is 9.79. The zero-order chi connectivity index (χ0) is 19.0. The number of rotatable bonds is 8. The largest absolute Gasteiger partial charge is 0.511 e. The smallest absolute Gasteiger partial charge is 0.168 e. The van der Waals surface area contributed by atoms with Crippen molar-refractivity contribution in [1.82, 2.24) is 0 Å². The molecule has 0 unspecified atom stereocenters. The number of aliphatic imine (C=N–C) groups is 1. The Balaban J connectivity index is 2.16. The topological polar surface area (TPSA) is 49.7 Å². The molecule has 0 bridgehead atoms. The van der Waals surface area contributed by atoms with Crippen LogP contribution in [0.15, 0.2) is 46.7 Å². The van der Waals surface area contributed by atoms with E-state index in [4.69, 9.17) is 4.99 Å². The molecule has 3 nitrogen and oxygen atoms in total. The van der Waals surface area contributed by atoms with E-state index in [1.165, 1.54) is 25.7 Å². The molecule has 0 amide bonds. The number of hydrogen-bond donors (Lipinski definition) is 1. The SMILES string of the molecule is CCCCCCCN=C1CC(C)(C)CC(=O)/C1=C(/O)Cc1ccccc1. The Kier molecular flexibility index (Phi) is 7.62. The number of unbranched alkanes of at least 4 members (excludes halogenated alkanes) is 4. The molecule has 0 saturated heterocycles. The second kappa shape index (κ2) is 9.70. The van der Waals surface area contributed by atoms with Gasteiger partial charge in [0.2, 0.25) is 0 Å². The van der Waals surface area contributed by atoms with Crippen molar-refractivity contribution >= 4 is 11.5 Å². The molecule has 1 aromatic carbocycles. The average molecular weight is 356 g/mol. The van der Waals surface area contributed by atoms with Crippen LogP contribution >= 0.6 is 0 Å². The molecule has 0 spiro atoms. The molecular weight excluding hydrogens is 322 g/mol. The van der Waals surface area contributed by atoms with Crippen molar-refractivity contribution in [2.75, 3.05) is 6.54 Å². The second-order valence-electron chi connectivity index (χ2n) is 8.17. The van der Waals surface area contributed by atoms with Crippen molar-refractivity contribution in [2.24, 2.45) is 10.4 Å². The van der Waals surface area contributed by atoms with Gasteiger partial charge in [-0.15, -0.1) is 0 Å². The maximum atomic E-state index is 12.7. The Morgan fingerprint density at radius 3 is 2.46 bits per heavy atom. The third kappa shape index (κ3) is 6.12. The van der Waals surface area contributed by atoms with E-state index in [0.717, 1.165) is 30.7 Å². The van der Waals surface area contributed by atoms with Crippen molar-refractivity contribution in [3.05, 3.63) is 47.2 Å². The van der Waals surface area contributed by atoms with Gasteiger partial charge in [-0.25, -0.2) is 0 Å². The average Bonchev–Trinajstić information content (AvgIpc) is 2.57. The molecular formula is C23H33NO2. The first-order chi connectivity index (χ1) is 12.4. The van der Waals surface area contributed by atoms with Gasteiger partial charge in [0, 0.05) is 25.1 Å². The number of ketones is 1. The predicted octanol–water partition coefficient (Wildman–Crippen LogP) is 5.84. The monoisotopic (exact) mass is 355 g/mol. The highest BCUT2D eigenvalue weighted by Gasteiger charge is 2.36. The Bertz CT molecular complexity index is 656. The molecule has 1 aliphatic rings. The van der Waals surface area contributed by atoms with Crippen LogP contribution in [0.2, 0.25) is 0 Å². The lowest BCUT2D eigenvalue weighted by Crippen LogP contribution is -2.33. The molecule has 1 fully saturated rings. The fourth-order valence-corrected chi connectivity index (χ4v) is 3.56. The summed E-state index contributed by atoms with van der Waals surface area (Å²) in [7, 11) is 0. The third-order valence-electron chi connectivity index (χ3n) is 4.92. The summed E-state index contributed by atoms with van der Waals surface area (Å²) in [6.45, 7) is 7.16. The fraction of sp³-hybridized carbons (Fsp3) is 0.565. The minimum Gasteiger partial charge on any atom is -0.511 e. The summed E-state index contributed by atoms with van der Waals surface area (Å²) in [5.41, 5.74) is 2.19. The van der Waals surface area contributed by atoms with Crippen LogP contribution in [-0.4, -0.2) is 23.1 Å². The van der Waals surface area contributed by atoms with Gasteiger partial charge >= 0.3 is 0 Å². The summed E-state index contributed by atoms with van der Waals surface area (Å²) in [5.74, 6) is 0.195. The van der Waals surface area contributed by atoms with Gasteiger partial charge in [0.25, 0.3) is 0 Å². The van der Waals surface area contributed by atoms with Crippen LogP contribution in [0.25, 0.3) is 0 Å². The summed E-state index contributed by atoms with van der Waals surface area (Å²) >= 11 is 0. The zero-order valence-corrected chi connectivity index (χ0v) is 16.6. The normalized spacial score (nSPS) is 20.4. The van der Waals surface area contributed by atoms with E-state index in [0.29, 0.717) is 18.4 Å². The van der Waals surface area contributed by atoms with Crippen LogP contribution in [0.3, 0.4) is 0 Å². The van der Waals surface area contributed by atoms with Gasteiger partial charge in [-0.2, -0.15) is 0 Å². The lowest BCUT2D eigenvalue weighted by molar-refractivity contribution is -0.117. The first-order valence-electron chi connectivity index (χ1n) is 9.96. The lowest BCUT2D eigenvalue weighted by atomic mass is 9.73. The molecule has 0 atom stereocenters. The first-order valence-corrected chi connectivity index (χ1v) is 9.96. The van der Waals surface area contributed by atoms with Crippen molar-refractivity contribution in [1.29, 1.82) is 0 Å². The highest BCUT2D eigenvalue weighted by atomic mass is 16.3. The van der Waals surface area contributed by atoms with E-state index in [1.807, 2.05) is 30.3 Å². The van der Waals surface area contributed by atoms with E-state index >= 15 is 0 Å². The van der Waals surface area contributed by atoms with Crippen LogP contribution in [0.4, 0.5) is 0 Å². The minimum atomic E-state index is -0.0886. The van der Waals surface area contributed by atoms with E-state index < -0.39 is 0 Å². The van der Waals surface area contributed by atoms with Crippen molar-refractivity contribution < 1.29 is 9.90 Å². The fourth-order valence-electron chi connectivity index (χ4n) is 3.56. The maximum absolute atomic E-state index is 12.7. The van der Waals surface area contributed by atoms with Gasteiger partial charge in [-0.3, -0.25) is 9.79 Å². The van der Waals surface area contributed by atoms with Gasteiger partial charge in [0.1, 0.15) is 5.76 Å². The van der Waals surface area contributed by atoms with Crippen LogP contribution in [0, 0.1) is 5.41 Å². The number of benzene rings is 1. The van der Waals surface area contributed by atoms with E-state index in [1.54, 1.807) is 0 Å². The molecule has 0 heterocycles. The van der Waals surface area contributed by atoms with Gasteiger partial charge in [0.05, 0.1) is 5.57 Å². The summed E-state index contributed by atoms with van der Waals surface area (Å²) in [4.78, 5) is 17.5. The van der Waals surface area contributed by atoms with Gasteiger partial charge in [-0.1, -0.05) is 76.8 Å². The van der Waals surface area contributed by atoms with Crippen LogP contribution in [0.1, 0.15) is 71.3 Å². The quantitative estimate of drug-likeness (QED) is 0.362. The number of carbonyl (C=O) groups excluding carboxylic acids is 1. The van der Waals surface area contributed by atoms with Gasteiger partial charge in [0.15, 0.2) is 5.78 Å². The zero-order valence-electron chi connectivity index (χ0n) is 16.6. The highest BCUT2D eigenvalue weighted by Crippen LogP contribution is 2.35. The molecule has 3 heteroatoms. The van der Waals surface area contributed by atoms with Crippen LogP contribution < -0.4 is 0 Å². The molecule has 0 aromatic heterocycles. The molecule has 0 radical (unpaired) electrons. The number of aliphatic hydroxyl groups is 1. The Hall–Kier alpha value is -1.90. The summed E-state index contributed by atoms with van der Waals surface area (Å²) < 4.78 is 0. The van der Waals surface area contributed by atoms with Gasteiger partial charge in [-0.05, 0) is 23.8 Å². The molecule has 1 N–H and O–H groups in total. The molecule has 142 valence electrons. The number of aliphatic hydroxyl groups excluding tert-OH is 1. The molecule has 2 rings (SSSR count). The first kappa shape index (κ1) is 20.4. The van der Waals surface area contributed by atoms with E-state index in [-0.39, 0.29) is 17.0 Å². The number of Topliss-reactive ketones (excluding diaryl/α,β-unsaturated/α-hetero) is 1. The predicted molar refractivity (Wildman–Crippen MR) is 109 cm³/mol. The van der Waals surface area contributed by atoms with Crippen molar-refractivity contribution in [3.63, 3.8) is 0 Å². The lowest BCUT2D eigenvalue weighted by Gasteiger charge is -2.31. The number of hydrogen-bond acceptors (Lipinski definition) is 3. The molecule has 26 heavy (non-hydrogen) atoms. The Morgan fingerprint density at radius 2 is 1.77 bits per heavy atom. The van der Waals surface area contributed by atoms with Crippen LogP contribution in [0.5, 0.6) is 0 Å².